The topological polar surface area (TPSA) is 136 Å². The molecule has 3 heterocycles. The van der Waals surface area contributed by atoms with Gasteiger partial charge in [0.25, 0.3) is 5.56 Å². The Morgan fingerprint density at radius 2 is 1.98 bits per heavy atom. The monoisotopic (exact) mass is 575 g/mol. The highest BCUT2D eigenvalue weighted by molar-refractivity contribution is 5.91. The smallest absolute Gasteiger partial charge is 0.423 e. The molecule has 5 rings (SSSR count). The number of pyridine rings is 1. The molecule has 1 amide bonds. The second-order valence-corrected chi connectivity index (χ2v) is 9.41. The summed E-state index contributed by atoms with van der Waals surface area (Å²) in [6.07, 6.45) is -2.30. The number of nitriles is 1. The summed E-state index contributed by atoms with van der Waals surface area (Å²) in [4.78, 5) is 30.2. The van der Waals surface area contributed by atoms with E-state index < -0.39 is 23.3 Å². The van der Waals surface area contributed by atoms with Crippen molar-refractivity contribution in [3.05, 3.63) is 106 Å². The Bertz CT molecular complexity index is 1680. The lowest BCUT2D eigenvalue weighted by molar-refractivity contribution is -0.138. The predicted molar refractivity (Wildman–Crippen MR) is 148 cm³/mol. The molecule has 0 saturated carbocycles. The number of alkyl halides is 3. The number of hydrogen-bond acceptors (Lipinski definition) is 8. The van der Waals surface area contributed by atoms with Crippen LogP contribution in [-0.2, 0) is 17.5 Å². The number of ether oxygens (including phenoxy) is 1. The number of carbonyl (C=O) groups excluding carboxylic acids is 1. The number of fused-ring (bicyclic) bond motifs is 1. The van der Waals surface area contributed by atoms with E-state index in [9.17, 15) is 22.8 Å². The number of nitrogens with zero attached hydrogens (tertiary/aromatic N) is 4. The fraction of sp³-hybridized carbons (Fsp3) is 0.207. The fourth-order valence-electron chi connectivity index (χ4n) is 4.71. The maximum absolute atomic E-state index is 13.9. The van der Waals surface area contributed by atoms with Gasteiger partial charge in [0.2, 0.25) is 5.91 Å². The largest absolute Gasteiger partial charge is 0.491 e. The van der Waals surface area contributed by atoms with Crippen LogP contribution in [-0.4, -0.2) is 34.2 Å². The normalized spacial score (nSPS) is 14.1. The van der Waals surface area contributed by atoms with Crippen LogP contribution in [0.5, 0.6) is 5.75 Å². The predicted octanol–water partition coefficient (Wildman–Crippen LogP) is 4.64. The van der Waals surface area contributed by atoms with Crippen LogP contribution in [0.4, 0.5) is 30.4 Å². The maximum atomic E-state index is 13.9. The molecule has 2 aromatic carbocycles. The van der Waals surface area contributed by atoms with Crippen LogP contribution < -0.4 is 25.8 Å². The Balaban J connectivity index is 1.25. The molecule has 13 heteroatoms. The minimum atomic E-state index is -4.88. The third kappa shape index (κ3) is 6.33. The number of amides is 1. The van der Waals surface area contributed by atoms with Crippen molar-refractivity contribution in [3.63, 3.8) is 0 Å². The van der Waals surface area contributed by atoms with Gasteiger partial charge in [-0.2, -0.15) is 23.5 Å². The Kier molecular flexibility index (Phi) is 8.05. The zero-order chi connectivity index (χ0) is 29.7. The highest BCUT2D eigenvalue weighted by Gasteiger charge is 2.42. The van der Waals surface area contributed by atoms with Crippen molar-refractivity contribution in [1.29, 1.82) is 5.26 Å². The SMILES string of the molecule is N#Cc1ccc(NCCC(=O)Nc2cccc(OCC3c4ccccc4CN3c3cn[nH]c(=O)c3C(F)(F)F)c2)nc1. The Hall–Kier alpha value is -5.38. The zero-order valence-corrected chi connectivity index (χ0v) is 22.0. The van der Waals surface area contributed by atoms with Crippen molar-refractivity contribution >= 4 is 23.1 Å². The first kappa shape index (κ1) is 28.2. The molecule has 0 saturated heterocycles. The van der Waals surface area contributed by atoms with Crippen LogP contribution in [0, 0.1) is 11.3 Å². The van der Waals surface area contributed by atoms with Gasteiger partial charge >= 0.3 is 6.18 Å². The van der Waals surface area contributed by atoms with Crippen LogP contribution in [0.15, 0.2) is 77.9 Å². The second kappa shape index (κ2) is 12.0. The van der Waals surface area contributed by atoms with E-state index in [1.165, 1.54) is 11.1 Å². The van der Waals surface area contributed by atoms with Crippen LogP contribution >= 0.6 is 0 Å². The lowest BCUT2D eigenvalue weighted by atomic mass is 10.1. The third-order valence-electron chi connectivity index (χ3n) is 6.64. The minimum absolute atomic E-state index is 0.0278. The molecule has 2 aromatic heterocycles. The van der Waals surface area contributed by atoms with Gasteiger partial charge < -0.3 is 20.3 Å². The number of hydrogen-bond donors (Lipinski definition) is 3. The number of halogens is 3. The number of aromatic nitrogens is 3. The van der Waals surface area contributed by atoms with Crippen molar-refractivity contribution in [3.8, 4) is 11.8 Å². The molecule has 1 aliphatic heterocycles. The van der Waals surface area contributed by atoms with Crippen molar-refractivity contribution in [2.24, 2.45) is 0 Å². The first-order valence-electron chi connectivity index (χ1n) is 12.8. The number of aromatic amines is 1. The summed E-state index contributed by atoms with van der Waals surface area (Å²) >= 11 is 0. The number of H-pyrrole nitrogens is 1. The highest BCUT2D eigenvalue weighted by atomic mass is 19.4. The van der Waals surface area contributed by atoms with Gasteiger partial charge in [0.15, 0.2) is 0 Å². The number of benzene rings is 2. The number of nitrogens with one attached hydrogen (secondary N) is 3. The summed E-state index contributed by atoms with van der Waals surface area (Å²) in [6.45, 7) is 0.426. The van der Waals surface area contributed by atoms with E-state index in [4.69, 9.17) is 10.00 Å². The van der Waals surface area contributed by atoms with Crippen LogP contribution in [0.2, 0.25) is 0 Å². The van der Waals surface area contributed by atoms with Crippen LogP contribution in [0.25, 0.3) is 0 Å². The molecule has 1 aliphatic rings. The molecule has 0 bridgehead atoms. The minimum Gasteiger partial charge on any atom is -0.491 e. The van der Waals surface area contributed by atoms with Gasteiger partial charge in [0, 0.05) is 37.5 Å². The van der Waals surface area contributed by atoms with E-state index in [0.717, 1.165) is 17.3 Å². The standard InChI is InChI=1S/C29H24F3N7O3/c30-29(31,32)27-23(15-36-38-28(27)41)39-16-19-4-1-2-7-22(19)24(39)17-42-21-6-3-5-20(12-21)37-26(40)10-11-34-25-9-8-18(13-33)14-35-25/h1-9,12,14-15,24H,10-11,16-17H2,(H,34,35)(H,37,40)(H,38,41). The first-order chi connectivity index (χ1) is 20.2. The molecule has 1 atom stereocenters. The molecule has 10 nitrogen and oxygen atoms in total. The lowest BCUT2D eigenvalue weighted by Gasteiger charge is -2.29. The molecular formula is C29H24F3N7O3. The van der Waals surface area contributed by atoms with E-state index in [1.807, 2.05) is 23.3 Å². The molecule has 0 spiro atoms. The lowest BCUT2D eigenvalue weighted by Crippen LogP contribution is -2.32. The Morgan fingerprint density at radius 3 is 2.74 bits per heavy atom. The number of anilines is 3. The third-order valence-corrected chi connectivity index (χ3v) is 6.64. The molecule has 1 unspecified atom stereocenters. The van der Waals surface area contributed by atoms with E-state index in [-0.39, 0.29) is 31.2 Å². The number of carbonyl (C=O) groups is 1. The summed E-state index contributed by atoms with van der Waals surface area (Å²) in [5.41, 5.74) is -0.460. The van der Waals surface area contributed by atoms with Gasteiger partial charge in [-0.25, -0.2) is 10.1 Å². The van der Waals surface area contributed by atoms with Crippen LogP contribution in [0.1, 0.15) is 34.7 Å². The molecule has 4 aromatic rings. The molecule has 42 heavy (non-hydrogen) atoms. The van der Waals surface area contributed by atoms with E-state index in [0.29, 0.717) is 29.4 Å². The van der Waals surface area contributed by atoms with Crippen LogP contribution in [0.3, 0.4) is 0 Å². The van der Waals surface area contributed by atoms with Gasteiger partial charge in [-0.05, 0) is 35.4 Å². The molecule has 0 fully saturated rings. The van der Waals surface area contributed by atoms with Gasteiger partial charge in [0.05, 0.1) is 23.5 Å². The average molecular weight is 576 g/mol. The van der Waals surface area contributed by atoms with Crippen molar-refractivity contribution < 1.29 is 22.7 Å². The summed E-state index contributed by atoms with van der Waals surface area (Å²) in [7, 11) is 0. The van der Waals surface area contributed by atoms with Crippen molar-refractivity contribution in [1.82, 2.24) is 15.2 Å². The van der Waals surface area contributed by atoms with E-state index in [2.05, 4.69) is 20.7 Å². The quantitative estimate of drug-likeness (QED) is 0.263. The Labute approximate surface area is 237 Å². The molecule has 0 aliphatic carbocycles. The van der Waals surface area contributed by atoms with E-state index >= 15 is 0 Å². The van der Waals surface area contributed by atoms with Crippen molar-refractivity contribution in [2.45, 2.75) is 25.2 Å². The summed E-state index contributed by atoms with van der Waals surface area (Å²) < 4.78 is 47.6. The molecule has 214 valence electrons. The molecule has 0 radical (unpaired) electrons. The highest BCUT2D eigenvalue weighted by Crippen LogP contribution is 2.42. The van der Waals surface area contributed by atoms with Crippen molar-refractivity contribution in [2.75, 3.05) is 28.7 Å². The van der Waals surface area contributed by atoms with E-state index in [1.54, 1.807) is 48.5 Å². The second-order valence-electron chi connectivity index (χ2n) is 9.41. The molecule has 3 N–H and O–H groups in total. The fourth-order valence-corrected chi connectivity index (χ4v) is 4.71. The zero-order valence-electron chi connectivity index (χ0n) is 22.0. The van der Waals surface area contributed by atoms with Gasteiger partial charge in [-0.1, -0.05) is 30.3 Å². The van der Waals surface area contributed by atoms with Gasteiger partial charge in [-0.3, -0.25) is 9.59 Å². The Morgan fingerprint density at radius 1 is 1.14 bits per heavy atom. The number of rotatable bonds is 9. The molecular weight excluding hydrogens is 551 g/mol. The van der Waals surface area contributed by atoms with Gasteiger partial charge in [-0.15, -0.1) is 0 Å². The first-order valence-corrected chi connectivity index (χ1v) is 12.8. The summed E-state index contributed by atoms with van der Waals surface area (Å²) in [6, 6.07) is 18.5. The van der Waals surface area contributed by atoms with Gasteiger partial charge in [0.1, 0.15) is 29.8 Å². The summed E-state index contributed by atoms with van der Waals surface area (Å²) in [5, 5.41) is 20.1. The average Bonchev–Trinajstić information content (AvgIpc) is 3.34. The summed E-state index contributed by atoms with van der Waals surface area (Å²) in [5.74, 6) is 0.681. The maximum Gasteiger partial charge on any atom is 0.423 e.